The van der Waals surface area contributed by atoms with E-state index in [1.54, 1.807) is 4.90 Å². The van der Waals surface area contributed by atoms with E-state index in [0.29, 0.717) is 24.9 Å². The number of carbonyl (C=O) groups excluding carboxylic acids is 2. The molecule has 0 bridgehead atoms. The molecule has 1 aromatic rings. The second-order valence-corrected chi connectivity index (χ2v) is 7.98. The highest BCUT2D eigenvalue weighted by Crippen LogP contribution is 2.35. The number of amides is 2. The summed E-state index contributed by atoms with van der Waals surface area (Å²) in [5.74, 6) is 0.508. The largest absolute Gasteiger partial charge is 0.334 e. The maximum absolute atomic E-state index is 12.7. The lowest BCUT2D eigenvalue weighted by molar-refractivity contribution is -0.119. The normalized spacial score (nSPS) is 25.8. The lowest BCUT2D eigenvalue weighted by Crippen LogP contribution is -2.58. The van der Waals surface area contributed by atoms with Gasteiger partial charge in [0.25, 0.3) is 0 Å². The van der Waals surface area contributed by atoms with Crippen molar-refractivity contribution in [3.8, 4) is 0 Å². The fourth-order valence-corrected chi connectivity index (χ4v) is 4.44. The molecule has 0 radical (unpaired) electrons. The van der Waals surface area contributed by atoms with Gasteiger partial charge in [0.1, 0.15) is 0 Å². The molecule has 0 unspecified atom stereocenters. The maximum atomic E-state index is 12.7. The monoisotopic (exact) mass is 369 g/mol. The Labute approximate surface area is 162 Å². The number of Topliss-reactive ketones (excluding diaryl/α,β-unsaturated/α-hetero) is 1. The van der Waals surface area contributed by atoms with Gasteiger partial charge in [0.2, 0.25) is 0 Å². The fraction of sp³-hybridized carbons (Fsp3) is 0.545. The summed E-state index contributed by atoms with van der Waals surface area (Å²) in [6.07, 6.45) is 3.28. The molecule has 1 heterocycles. The Morgan fingerprint density at radius 2 is 2.04 bits per heavy atom. The molecule has 3 rings (SSSR count). The van der Waals surface area contributed by atoms with Crippen molar-refractivity contribution in [3.63, 3.8) is 0 Å². The van der Waals surface area contributed by atoms with Crippen LogP contribution in [0.1, 0.15) is 38.2 Å². The standard InChI is InChI=1S/C22H31N3O2/c1-4-10-25-15-19(12-18-13-21(26)16(2)11-20(18)25)23-22(27)24(3)14-17-8-6-5-7-9-17/h5-9,18-20H,2,4,10-15H2,1,3H3,(H,23,27)/t18-,19+,20-/m1/s1. The zero-order valence-corrected chi connectivity index (χ0v) is 16.5. The van der Waals surface area contributed by atoms with Gasteiger partial charge in [0, 0.05) is 38.6 Å². The smallest absolute Gasteiger partial charge is 0.317 e. The van der Waals surface area contributed by atoms with Crippen molar-refractivity contribution in [2.24, 2.45) is 5.92 Å². The van der Waals surface area contributed by atoms with Crippen LogP contribution in [0.3, 0.4) is 0 Å². The highest BCUT2D eigenvalue weighted by molar-refractivity contribution is 5.95. The van der Waals surface area contributed by atoms with Gasteiger partial charge in [-0.05, 0) is 42.9 Å². The third-order valence-corrected chi connectivity index (χ3v) is 5.80. The Hall–Kier alpha value is -2.14. The number of piperidine rings is 1. The highest BCUT2D eigenvalue weighted by Gasteiger charge is 2.41. The molecule has 2 fully saturated rings. The molecule has 1 aliphatic heterocycles. The van der Waals surface area contributed by atoms with E-state index in [-0.39, 0.29) is 17.9 Å². The summed E-state index contributed by atoms with van der Waals surface area (Å²) < 4.78 is 0. The SMILES string of the molecule is C=C1C[C@@H]2[C@@H](CC1=O)C[C@H](NC(=O)N(C)Cc1ccccc1)CN2CCC. The van der Waals surface area contributed by atoms with E-state index in [1.807, 2.05) is 37.4 Å². The van der Waals surface area contributed by atoms with Crippen LogP contribution in [0.5, 0.6) is 0 Å². The first-order valence-corrected chi connectivity index (χ1v) is 9.98. The molecule has 0 spiro atoms. The summed E-state index contributed by atoms with van der Waals surface area (Å²) in [5.41, 5.74) is 1.88. The van der Waals surface area contributed by atoms with E-state index in [0.717, 1.165) is 43.5 Å². The highest BCUT2D eigenvalue weighted by atomic mass is 16.2. The fourth-order valence-electron chi connectivity index (χ4n) is 4.44. The van der Waals surface area contributed by atoms with Gasteiger partial charge in [-0.15, -0.1) is 0 Å². The minimum atomic E-state index is -0.0507. The van der Waals surface area contributed by atoms with Crippen LogP contribution in [0, 0.1) is 5.92 Å². The van der Waals surface area contributed by atoms with Crippen molar-refractivity contribution in [1.82, 2.24) is 15.1 Å². The molecule has 2 aliphatic rings. The van der Waals surface area contributed by atoms with Gasteiger partial charge in [-0.3, -0.25) is 9.69 Å². The summed E-state index contributed by atoms with van der Waals surface area (Å²) in [6, 6.07) is 10.4. The van der Waals surface area contributed by atoms with Crippen LogP contribution in [0.2, 0.25) is 0 Å². The number of carbonyl (C=O) groups is 2. The molecule has 2 amide bonds. The van der Waals surface area contributed by atoms with Crippen molar-refractivity contribution < 1.29 is 9.59 Å². The van der Waals surface area contributed by atoms with Gasteiger partial charge in [-0.25, -0.2) is 4.79 Å². The number of fused-ring (bicyclic) bond motifs is 1. The Balaban J connectivity index is 1.61. The molecule has 5 nitrogen and oxygen atoms in total. The van der Waals surface area contributed by atoms with Crippen LogP contribution >= 0.6 is 0 Å². The molecule has 1 saturated heterocycles. The van der Waals surface area contributed by atoms with E-state index in [2.05, 4.69) is 23.7 Å². The van der Waals surface area contributed by atoms with Crippen LogP contribution in [-0.4, -0.2) is 53.8 Å². The molecule has 0 aromatic heterocycles. The predicted octanol–water partition coefficient (Wildman–Crippen LogP) is 3.22. The lowest BCUT2D eigenvalue weighted by Gasteiger charge is -2.47. The Kier molecular flexibility index (Phi) is 6.32. The molecule has 1 saturated carbocycles. The summed E-state index contributed by atoms with van der Waals surface area (Å²) in [6.45, 7) is 8.56. The second-order valence-electron chi connectivity index (χ2n) is 7.98. The molecule has 146 valence electrons. The molecule has 3 atom stereocenters. The zero-order chi connectivity index (χ0) is 19.4. The molecular weight excluding hydrogens is 338 g/mol. The van der Waals surface area contributed by atoms with Crippen molar-refractivity contribution in [2.75, 3.05) is 20.1 Å². The number of urea groups is 1. The van der Waals surface area contributed by atoms with Crippen molar-refractivity contribution in [3.05, 3.63) is 48.0 Å². The van der Waals surface area contributed by atoms with Crippen molar-refractivity contribution in [2.45, 2.75) is 51.2 Å². The van der Waals surface area contributed by atoms with Crippen LogP contribution < -0.4 is 5.32 Å². The third-order valence-electron chi connectivity index (χ3n) is 5.80. The Bertz CT molecular complexity index is 688. The van der Waals surface area contributed by atoms with E-state index < -0.39 is 0 Å². The van der Waals surface area contributed by atoms with Gasteiger partial charge in [-0.2, -0.15) is 0 Å². The molecule has 1 aromatic carbocycles. The quantitative estimate of drug-likeness (QED) is 0.811. The topological polar surface area (TPSA) is 52.7 Å². The summed E-state index contributed by atoms with van der Waals surface area (Å²) in [7, 11) is 1.83. The van der Waals surface area contributed by atoms with Crippen LogP contribution in [-0.2, 0) is 11.3 Å². The van der Waals surface area contributed by atoms with Gasteiger partial charge in [0.05, 0.1) is 0 Å². The van der Waals surface area contributed by atoms with E-state index >= 15 is 0 Å². The minimum absolute atomic E-state index is 0.0507. The first-order valence-electron chi connectivity index (χ1n) is 9.98. The number of hydrogen-bond donors (Lipinski definition) is 1. The van der Waals surface area contributed by atoms with E-state index in [9.17, 15) is 9.59 Å². The van der Waals surface area contributed by atoms with Gasteiger partial charge in [-0.1, -0.05) is 43.8 Å². The lowest BCUT2D eigenvalue weighted by atomic mass is 9.74. The van der Waals surface area contributed by atoms with Crippen molar-refractivity contribution in [1.29, 1.82) is 0 Å². The first kappa shape index (κ1) is 19.6. The number of hydrogen-bond acceptors (Lipinski definition) is 3. The van der Waals surface area contributed by atoms with Gasteiger partial charge < -0.3 is 10.2 Å². The average Bonchev–Trinajstić information content (AvgIpc) is 2.64. The van der Waals surface area contributed by atoms with Gasteiger partial charge in [0.15, 0.2) is 5.78 Å². The summed E-state index contributed by atoms with van der Waals surface area (Å²) in [4.78, 5) is 29.0. The van der Waals surface area contributed by atoms with Gasteiger partial charge >= 0.3 is 6.03 Å². The average molecular weight is 370 g/mol. The maximum Gasteiger partial charge on any atom is 0.317 e. The molecule has 1 aliphatic carbocycles. The number of nitrogens with zero attached hydrogens (tertiary/aromatic N) is 2. The van der Waals surface area contributed by atoms with Crippen LogP contribution in [0.4, 0.5) is 4.79 Å². The van der Waals surface area contributed by atoms with E-state index in [4.69, 9.17) is 0 Å². The minimum Gasteiger partial charge on any atom is -0.334 e. The Morgan fingerprint density at radius 3 is 2.74 bits per heavy atom. The van der Waals surface area contributed by atoms with E-state index in [1.165, 1.54) is 0 Å². The second kappa shape index (κ2) is 8.70. The molecule has 27 heavy (non-hydrogen) atoms. The Morgan fingerprint density at radius 1 is 1.30 bits per heavy atom. The number of rotatable bonds is 5. The third kappa shape index (κ3) is 4.78. The summed E-state index contributed by atoms with van der Waals surface area (Å²) >= 11 is 0. The molecule has 1 N–H and O–H groups in total. The van der Waals surface area contributed by atoms with Crippen LogP contribution in [0.15, 0.2) is 42.5 Å². The van der Waals surface area contributed by atoms with Crippen molar-refractivity contribution >= 4 is 11.8 Å². The molecule has 5 heteroatoms. The molecular formula is C22H31N3O2. The first-order chi connectivity index (χ1) is 13.0. The number of ketones is 1. The number of benzene rings is 1. The zero-order valence-electron chi connectivity index (χ0n) is 16.5. The predicted molar refractivity (Wildman–Crippen MR) is 107 cm³/mol. The van der Waals surface area contributed by atoms with Crippen LogP contribution in [0.25, 0.3) is 0 Å². The summed E-state index contributed by atoms with van der Waals surface area (Å²) in [5, 5.41) is 3.20. The number of nitrogens with one attached hydrogen (secondary N) is 1. The number of likely N-dealkylation sites (tertiary alicyclic amines) is 1.